The predicted octanol–water partition coefficient (Wildman–Crippen LogP) is 2.56. The van der Waals surface area contributed by atoms with Gasteiger partial charge in [0, 0.05) is 25.3 Å². The second kappa shape index (κ2) is 6.22. The van der Waals surface area contributed by atoms with Crippen LogP contribution in [0.2, 0.25) is 0 Å². The predicted molar refractivity (Wildman–Crippen MR) is 89.7 cm³/mol. The molecule has 2 aliphatic rings. The lowest BCUT2D eigenvalue weighted by atomic mass is 9.81. The molecule has 0 radical (unpaired) electrons. The molecule has 1 N–H and O–H groups in total. The van der Waals surface area contributed by atoms with Crippen LogP contribution in [0, 0.1) is 24.2 Å². The lowest BCUT2D eigenvalue weighted by Crippen LogP contribution is -2.37. The molecule has 1 amide bonds. The highest BCUT2D eigenvalue weighted by atomic mass is 16.4. The van der Waals surface area contributed by atoms with E-state index in [1.54, 1.807) is 11.1 Å². The number of aliphatic carboxylic acids is 1. The van der Waals surface area contributed by atoms with Crippen LogP contribution in [0.1, 0.15) is 55.6 Å². The van der Waals surface area contributed by atoms with E-state index >= 15 is 0 Å². The fraction of sp³-hybridized carbons (Fsp3) is 0.722. The summed E-state index contributed by atoms with van der Waals surface area (Å²) in [6, 6.07) is 0. The van der Waals surface area contributed by atoms with E-state index in [0.717, 1.165) is 31.5 Å². The lowest BCUT2D eigenvalue weighted by Gasteiger charge is -2.23. The Balaban J connectivity index is 1.75. The van der Waals surface area contributed by atoms with Crippen molar-refractivity contribution >= 4 is 11.9 Å². The summed E-state index contributed by atoms with van der Waals surface area (Å²) in [5.74, 6) is -0.139. The molecule has 1 saturated carbocycles. The normalized spacial score (nSPS) is 26.2. The first-order valence-corrected chi connectivity index (χ1v) is 8.90. The molecule has 1 aliphatic carbocycles. The van der Waals surface area contributed by atoms with Gasteiger partial charge in [-0.1, -0.05) is 20.3 Å². The van der Waals surface area contributed by atoms with Gasteiger partial charge in [0.1, 0.15) is 0 Å². The Bertz CT molecular complexity index is 652. The van der Waals surface area contributed by atoms with Gasteiger partial charge in [0.2, 0.25) is 0 Å². The molecule has 2 heterocycles. The summed E-state index contributed by atoms with van der Waals surface area (Å²) in [4.78, 5) is 26.4. The van der Waals surface area contributed by atoms with Crippen LogP contribution >= 0.6 is 0 Å². The molecule has 0 bridgehead atoms. The molecule has 1 saturated heterocycles. The van der Waals surface area contributed by atoms with Crippen LogP contribution in [-0.2, 0) is 11.3 Å². The molecule has 2 fully saturated rings. The highest BCUT2D eigenvalue weighted by Crippen LogP contribution is 2.49. The van der Waals surface area contributed by atoms with E-state index in [1.165, 1.54) is 0 Å². The van der Waals surface area contributed by atoms with E-state index in [-0.39, 0.29) is 11.8 Å². The van der Waals surface area contributed by atoms with Gasteiger partial charge in [-0.25, -0.2) is 0 Å². The summed E-state index contributed by atoms with van der Waals surface area (Å²) in [7, 11) is 0. The van der Waals surface area contributed by atoms with Crippen molar-refractivity contribution in [3.8, 4) is 0 Å². The monoisotopic (exact) mass is 333 g/mol. The van der Waals surface area contributed by atoms with Crippen molar-refractivity contribution < 1.29 is 14.7 Å². The summed E-state index contributed by atoms with van der Waals surface area (Å²) < 4.78 is 1.89. The number of carbonyl (C=O) groups excluding carboxylic acids is 1. The van der Waals surface area contributed by atoms with E-state index in [0.29, 0.717) is 31.0 Å². The zero-order chi connectivity index (χ0) is 17.5. The number of rotatable bonds is 5. The molecule has 2 atom stereocenters. The van der Waals surface area contributed by atoms with Gasteiger partial charge in [0.25, 0.3) is 5.91 Å². The number of nitrogens with zero attached hydrogens (tertiary/aromatic N) is 3. The number of fused-ring (bicyclic) bond motifs is 1. The van der Waals surface area contributed by atoms with Crippen molar-refractivity contribution in [3.63, 3.8) is 0 Å². The summed E-state index contributed by atoms with van der Waals surface area (Å²) >= 11 is 0. The van der Waals surface area contributed by atoms with E-state index in [1.807, 2.05) is 11.6 Å². The highest BCUT2D eigenvalue weighted by molar-refractivity contribution is 5.96. The zero-order valence-corrected chi connectivity index (χ0v) is 14.8. The number of amides is 1. The molecule has 3 rings (SSSR count). The zero-order valence-electron chi connectivity index (χ0n) is 14.8. The van der Waals surface area contributed by atoms with Crippen LogP contribution in [0.15, 0.2) is 6.20 Å². The van der Waals surface area contributed by atoms with Crippen LogP contribution in [0.5, 0.6) is 0 Å². The fourth-order valence-electron chi connectivity index (χ4n) is 4.23. The van der Waals surface area contributed by atoms with Crippen LogP contribution in [-0.4, -0.2) is 44.8 Å². The summed E-state index contributed by atoms with van der Waals surface area (Å²) in [5.41, 5.74) is 0.762. The van der Waals surface area contributed by atoms with Gasteiger partial charge in [-0.2, -0.15) is 5.10 Å². The maximum atomic E-state index is 12.9. The number of carboxylic acid groups (broad SMARTS) is 1. The van der Waals surface area contributed by atoms with Gasteiger partial charge in [0.05, 0.1) is 17.2 Å². The van der Waals surface area contributed by atoms with Gasteiger partial charge >= 0.3 is 5.97 Å². The topological polar surface area (TPSA) is 75.4 Å². The number of hydrogen-bond donors (Lipinski definition) is 1. The molecular formula is C18H27N3O3. The first-order chi connectivity index (χ1) is 11.3. The van der Waals surface area contributed by atoms with Crippen molar-refractivity contribution in [2.24, 2.45) is 17.3 Å². The van der Waals surface area contributed by atoms with Gasteiger partial charge in [-0.15, -0.1) is 0 Å². The Hall–Kier alpha value is -1.85. The molecule has 0 aromatic carbocycles. The lowest BCUT2D eigenvalue weighted by molar-refractivity contribution is -0.149. The molecule has 132 valence electrons. The maximum absolute atomic E-state index is 12.9. The number of likely N-dealkylation sites (tertiary alicyclic amines) is 1. The third kappa shape index (κ3) is 2.72. The van der Waals surface area contributed by atoms with Crippen molar-refractivity contribution in [3.05, 3.63) is 17.5 Å². The summed E-state index contributed by atoms with van der Waals surface area (Å²) in [6.07, 6.45) is 5.20. The molecular weight excluding hydrogens is 306 g/mol. The molecule has 24 heavy (non-hydrogen) atoms. The number of carbonyl (C=O) groups is 2. The number of carboxylic acids is 1. The van der Waals surface area contributed by atoms with Crippen LogP contribution in [0.3, 0.4) is 0 Å². The first kappa shape index (κ1) is 17.0. The van der Waals surface area contributed by atoms with Gasteiger partial charge in [-0.05, 0) is 38.0 Å². The third-order valence-corrected chi connectivity index (χ3v) is 5.84. The maximum Gasteiger partial charge on any atom is 0.311 e. The van der Waals surface area contributed by atoms with Crippen molar-refractivity contribution in [2.75, 3.05) is 13.1 Å². The highest BCUT2D eigenvalue weighted by Gasteiger charge is 2.55. The first-order valence-electron chi connectivity index (χ1n) is 8.90. The minimum atomic E-state index is -0.746. The average Bonchev–Trinajstić information content (AvgIpc) is 3.16. The molecule has 0 unspecified atom stereocenters. The van der Waals surface area contributed by atoms with Crippen LogP contribution in [0.25, 0.3) is 0 Å². The standard InChI is InChI=1S/C18H27N3O3/c1-12(2)6-8-21-13(3)15(9-19-21)16(22)20-10-14-5-4-7-18(14,11-20)17(23)24/h9,12,14H,4-8,10-11H2,1-3H3,(H,23,24)/t14-,18+/m0/s1. The summed E-state index contributed by atoms with van der Waals surface area (Å²) in [5, 5.41) is 14.0. The second-order valence-corrected chi connectivity index (χ2v) is 7.79. The minimum Gasteiger partial charge on any atom is -0.481 e. The van der Waals surface area contributed by atoms with E-state index in [2.05, 4.69) is 18.9 Å². The molecule has 0 spiro atoms. The van der Waals surface area contributed by atoms with E-state index in [4.69, 9.17) is 0 Å². The van der Waals surface area contributed by atoms with Gasteiger partial charge < -0.3 is 10.0 Å². The van der Waals surface area contributed by atoms with Crippen LogP contribution < -0.4 is 0 Å². The Morgan fingerprint density at radius 2 is 2.21 bits per heavy atom. The van der Waals surface area contributed by atoms with E-state index in [9.17, 15) is 14.7 Å². The molecule has 1 aromatic rings. The second-order valence-electron chi connectivity index (χ2n) is 7.79. The Kier molecular flexibility index (Phi) is 4.40. The summed E-state index contributed by atoms with van der Waals surface area (Å²) in [6.45, 7) is 7.95. The van der Waals surface area contributed by atoms with Crippen LogP contribution in [0.4, 0.5) is 0 Å². The smallest absolute Gasteiger partial charge is 0.311 e. The van der Waals surface area contributed by atoms with Gasteiger partial charge in [0.15, 0.2) is 0 Å². The quantitative estimate of drug-likeness (QED) is 0.898. The Morgan fingerprint density at radius 3 is 2.83 bits per heavy atom. The van der Waals surface area contributed by atoms with Crippen molar-refractivity contribution in [1.29, 1.82) is 0 Å². The fourth-order valence-corrected chi connectivity index (χ4v) is 4.23. The van der Waals surface area contributed by atoms with Crippen molar-refractivity contribution in [1.82, 2.24) is 14.7 Å². The van der Waals surface area contributed by atoms with Gasteiger partial charge in [-0.3, -0.25) is 14.3 Å². The molecule has 6 nitrogen and oxygen atoms in total. The molecule has 6 heteroatoms. The number of aromatic nitrogens is 2. The van der Waals surface area contributed by atoms with Crippen molar-refractivity contribution in [2.45, 2.75) is 53.0 Å². The number of hydrogen-bond acceptors (Lipinski definition) is 3. The molecule has 1 aromatic heterocycles. The average molecular weight is 333 g/mol. The largest absolute Gasteiger partial charge is 0.481 e. The van der Waals surface area contributed by atoms with E-state index < -0.39 is 11.4 Å². The SMILES string of the molecule is Cc1c(C(=O)N2C[C@@H]3CCC[C@@]3(C(=O)O)C2)cnn1CCC(C)C. The third-order valence-electron chi connectivity index (χ3n) is 5.84. The Morgan fingerprint density at radius 1 is 1.46 bits per heavy atom. The number of aryl methyl sites for hydroxylation is 1. The molecule has 1 aliphatic heterocycles. The Labute approximate surface area is 142 Å². The minimum absolute atomic E-state index is 0.0710.